The van der Waals surface area contributed by atoms with Crippen molar-refractivity contribution in [2.24, 2.45) is 0 Å². The second-order valence-electron chi connectivity index (χ2n) is 6.77. The van der Waals surface area contributed by atoms with Gasteiger partial charge >= 0.3 is 0 Å². The van der Waals surface area contributed by atoms with Crippen LogP contribution in [0.5, 0.6) is 0 Å². The molecular weight excluding hydrogens is 352 g/mol. The van der Waals surface area contributed by atoms with Crippen LogP contribution in [0.2, 0.25) is 0 Å². The van der Waals surface area contributed by atoms with Crippen molar-refractivity contribution in [1.29, 1.82) is 0 Å². The molecular formula is C21H20N6O. The second kappa shape index (κ2) is 7.01. The van der Waals surface area contributed by atoms with E-state index in [0.29, 0.717) is 0 Å². The van der Waals surface area contributed by atoms with Gasteiger partial charge in [-0.1, -0.05) is 0 Å². The standard InChI is InChI=1S/C21H20N6O/c1-15-20(17-2-3-19(23-14-17)26-10-12-28-13-11-26)27-21(25-15)18(6-9-24-27)16-4-7-22-8-5-16/h2-9,14H,10-13H2,1H3. The number of morpholine rings is 1. The molecule has 1 aliphatic rings. The van der Waals surface area contributed by atoms with Gasteiger partial charge in [0.05, 0.1) is 24.6 Å². The van der Waals surface area contributed by atoms with E-state index in [9.17, 15) is 0 Å². The summed E-state index contributed by atoms with van der Waals surface area (Å²) in [5.74, 6) is 0.976. The molecule has 7 heteroatoms. The Bertz CT molecular complexity index is 1100. The van der Waals surface area contributed by atoms with Gasteiger partial charge in [0.15, 0.2) is 5.65 Å². The summed E-state index contributed by atoms with van der Waals surface area (Å²) in [4.78, 5) is 15.8. The average Bonchev–Trinajstić information content (AvgIpc) is 3.11. The molecule has 28 heavy (non-hydrogen) atoms. The molecule has 1 fully saturated rings. The molecule has 7 nitrogen and oxygen atoms in total. The van der Waals surface area contributed by atoms with Crippen LogP contribution in [0.25, 0.3) is 28.0 Å². The van der Waals surface area contributed by atoms with Crippen LogP contribution < -0.4 is 4.90 Å². The zero-order valence-corrected chi connectivity index (χ0v) is 15.6. The smallest absolute Gasteiger partial charge is 0.162 e. The summed E-state index contributed by atoms with van der Waals surface area (Å²) in [5, 5.41) is 4.56. The van der Waals surface area contributed by atoms with Crippen LogP contribution in [-0.4, -0.2) is 50.9 Å². The molecule has 0 unspecified atom stereocenters. The molecule has 0 spiro atoms. The molecule has 0 saturated carbocycles. The maximum atomic E-state index is 5.42. The molecule has 1 aliphatic heterocycles. The van der Waals surface area contributed by atoms with Gasteiger partial charge in [-0.15, -0.1) is 0 Å². The van der Waals surface area contributed by atoms with Crippen LogP contribution in [0.15, 0.2) is 55.1 Å². The molecule has 0 amide bonds. The van der Waals surface area contributed by atoms with Crippen LogP contribution in [0, 0.1) is 6.92 Å². The normalized spacial score (nSPS) is 14.5. The third-order valence-corrected chi connectivity index (χ3v) is 5.04. The molecule has 0 radical (unpaired) electrons. The van der Waals surface area contributed by atoms with Gasteiger partial charge in [-0.2, -0.15) is 5.10 Å². The largest absolute Gasteiger partial charge is 0.378 e. The zero-order valence-electron chi connectivity index (χ0n) is 15.6. The van der Waals surface area contributed by atoms with E-state index in [-0.39, 0.29) is 0 Å². The maximum absolute atomic E-state index is 5.42. The number of hydrogen-bond acceptors (Lipinski definition) is 6. The first-order valence-electron chi connectivity index (χ1n) is 9.35. The number of rotatable bonds is 3. The summed E-state index contributed by atoms with van der Waals surface area (Å²) in [6.45, 7) is 5.25. The van der Waals surface area contributed by atoms with Crippen molar-refractivity contribution in [3.63, 3.8) is 0 Å². The summed E-state index contributed by atoms with van der Waals surface area (Å²) in [5.41, 5.74) is 5.83. The molecule has 140 valence electrons. The fourth-order valence-corrected chi connectivity index (χ4v) is 3.65. The minimum absolute atomic E-state index is 0.748. The number of pyridine rings is 2. The Kier molecular flexibility index (Phi) is 4.21. The van der Waals surface area contributed by atoms with Crippen molar-refractivity contribution >= 4 is 11.5 Å². The lowest BCUT2D eigenvalue weighted by Crippen LogP contribution is -2.36. The number of ether oxygens (including phenoxy) is 1. The van der Waals surface area contributed by atoms with E-state index in [1.165, 1.54) is 0 Å². The highest BCUT2D eigenvalue weighted by Gasteiger charge is 2.17. The maximum Gasteiger partial charge on any atom is 0.162 e. The fraction of sp³-hybridized carbons (Fsp3) is 0.238. The molecule has 4 aromatic heterocycles. The first-order chi connectivity index (χ1) is 13.8. The highest BCUT2D eigenvalue weighted by atomic mass is 16.5. The number of aryl methyl sites for hydroxylation is 1. The topological polar surface area (TPSA) is 68.4 Å². The Labute approximate surface area is 162 Å². The molecule has 4 aromatic rings. The van der Waals surface area contributed by atoms with Crippen molar-refractivity contribution in [2.75, 3.05) is 31.2 Å². The quantitative estimate of drug-likeness (QED) is 0.551. The Balaban J connectivity index is 1.57. The van der Waals surface area contributed by atoms with E-state index >= 15 is 0 Å². The van der Waals surface area contributed by atoms with Crippen molar-refractivity contribution in [3.05, 3.63) is 60.8 Å². The number of hydrogen-bond donors (Lipinski definition) is 0. The molecule has 5 rings (SSSR count). The fourth-order valence-electron chi connectivity index (χ4n) is 3.65. The molecule has 0 atom stereocenters. The van der Waals surface area contributed by atoms with E-state index in [1.54, 1.807) is 12.4 Å². The van der Waals surface area contributed by atoms with Gasteiger partial charge in [-0.25, -0.2) is 14.5 Å². The third kappa shape index (κ3) is 2.90. The second-order valence-corrected chi connectivity index (χ2v) is 6.77. The predicted molar refractivity (Wildman–Crippen MR) is 107 cm³/mol. The van der Waals surface area contributed by atoms with Gasteiger partial charge in [0, 0.05) is 49.0 Å². The predicted octanol–water partition coefficient (Wildman–Crippen LogP) is 3.00. The van der Waals surface area contributed by atoms with Crippen LogP contribution >= 0.6 is 0 Å². The van der Waals surface area contributed by atoms with Crippen LogP contribution in [0.1, 0.15) is 5.69 Å². The van der Waals surface area contributed by atoms with E-state index in [0.717, 1.165) is 65.8 Å². The van der Waals surface area contributed by atoms with Gasteiger partial charge in [0.1, 0.15) is 5.82 Å². The Morgan fingerprint density at radius 2 is 1.75 bits per heavy atom. The molecule has 0 aliphatic carbocycles. The molecule has 1 saturated heterocycles. The highest BCUT2D eigenvalue weighted by Crippen LogP contribution is 2.29. The minimum Gasteiger partial charge on any atom is -0.378 e. The first-order valence-corrected chi connectivity index (χ1v) is 9.35. The average molecular weight is 372 g/mol. The number of nitrogens with zero attached hydrogens (tertiary/aromatic N) is 6. The van der Waals surface area contributed by atoms with E-state index < -0.39 is 0 Å². The van der Waals surface area contributed by atoms with Crippen molar-refractivity contribution in [2.45, 2.75) is 6.92 Å². The number of imidazole rings is 1. The minimum atomic E-state index is 0.748. The third-order valence-electron chi connectivity index (χ3n) is 5.04. The van der Waals surface area contributed by atoms with Crippen molar-refractivity contribution in [1.82, 2.24) is 24.6 Å². The summed E-state index contributed by atoms with van der Waals surface area (Å²) >= 11 is 0. The lowest BCUT2D eigenvalue weighted by Gasteiger charge is -2.27. The van der Waals surface area contributed by atoms with Gasteiger partial charge in [-0.3, -0.25) is 4.98 Å². The summed E-state index contributed by atoms with van der Waals surface area (Å²) in [7, 11) is 0. The van der Waals surface area contributed by atoms with Crippen LogP contribution in [0.4, 0.5) is 5.82 Å². The molecule has 0 bridgehead atoms. The Morgan fingerprint density at radius 3 is 2.50 bits per heavy atom. The number of aromatic nitrogens is 5. The summed E-state index contributed by atoms with van der Waals surface area (Å²) in [6, 6.07) is 10.1. The lowest BCUT2D eigenvalue weighted by molar-refractivity contribution is 0.122. The number of anilines is 1. The highest BCUT2D eigenvalue weighted by molar-refractivity contribution is 5.80. The summed E-state index contributed by atoms with van der Waals surface area (Å²) < 4.78 is 7.32. The zero-order chi connectivity index (χ0) is 18.9. The van der Waals surface area contributed by atoms with E-state index in [1.807, 2.05) is 42.0 Å². The van der Waals surface area contributed by atoms with Gasteiger partial charge < -0.3 is 9.64 Å². The summed E-state index contributed by atoms with van der Waals surface area (Å²) in [6.07, 6.45) is 7.29. The van der Waals surface area contributed by atoms with Gasteiger partial charge in [0.25, 0.3) is 0 Å². The monoisotopic (exact) mass is 372 g/mol. The van der Waals surface area contributed by atoms with E-state index in [4.69, 9.17) is 9.72 Å². The van der Waals surface area contributed by atoms with Crippen LogP contribution in [-0.2, 0) is 4.74 Å². The van der Waals surface area contributed by atoms with Gasteiger partial charge in [0.2, 0.25) is 0 Å². The SMILES string of the molecule is Cc1nc2c(-c3ccncc3)ccnn2c1-c1ccc(N2CCOCC2)nc1. The van der Waals surface area contributed by atoms with Crippen molar-refractivity contribution in [3.8, 4) is 22.4 Å². The molecule has 0 aromatic carbocycles. The van der Waals surface area contributed by atoms with Crippen LogP contribution in [0.3, 0.4) is 0 Å². The first kappa shape index (κ1) is 16.8. The Morgan fingerprint density at radius 1 is 0.929 bits per heavy atom. The molecule has 5 heterocycles. The lowest BCUT2D eigenvalue weighted by atomic mass is 10.1. The van der Waals surface area contributed by atoms with Gasteiger partial charge in [-0.05, 0) is 42.8 Å². The molecule has 0 N–H and O–H groups in total. The number of fused-ring (bicyclic) bond motifs is 1. The Hall–Kier alpha value is -3.32. The van der Waals surface area contributed by atoms with Crippen molar-refractivity contribution < 1.29 is 4.74 Å². The van der Waals surface area contributed by atoms with E-state index in [2.05, 4.69) is 32.1 Å².